The summed E-state index contributed by atoms with van der Waals surface area (Å²) in [5.41, 5.74) is 7.19. The molecule has 6 aromatic rings. The maximum Gasteiger partial charge on any atom is 0.138 e. The molecule has 2 aromatic carbocycles. The number of methoxy groups -OCH3 is 1. The lowest BCUT2D eigenvalue weighted by Gasteiger charge is -2.04. The molecule has 0 aliphatic carbocycles. The SMILES string of the molecule is COc1cncc(-c2ccc3[nH]nc(-c4cc5c(-c6ccc(F)cc6)ccnc5[nH]4)c3c2)c1. The molecule has 0 aliphatic rings. The summed E-state index contributed by atoms with van der Waals surface area (Å²) in [4.78, 5) is 12.1. The first kappa shape index (κ1) is 19.2. The number of hydrogen-bond acceptors (Lipinski definition) is 4. The van der Waals surface area contributed by atoms with Crippen LogP contribution in [0.5, 0.6) is 5.75 Å². The number of ether oxygens (including phenoxy) is 1. The van der Waals surface area contributed by atoms with Crippen molar-refractivity contribution in [2.75, 3.05) is 7.11 Å². The van der Waals surface area contributed by atoms with Gasteiger partial charge in [0.05, 0.1) is 24.5 Å². The molecule has 4 aromatic heterocycles. The lowest BCUT2D eigenvalue weighted by atomic mass is 10.0. The first-order valence-corrected chi connectivity index (χ1v) is 10.4. The maximum absolute atomic E-state index is 13.4. The van der Waals surface area contributed by atoms with Crippen LogP contribution in [0.2, 0.25) is 0 Å². The number of aromatic nitrogens is 5. The molecule has 0 atom stereocenters. The predicted molar refractivity (Wildman–Crippen MR) is 126 cm³/mol. The Labute approximate surface area is 188 Å². The minimum Gasteiger partial charge on any atom is -0.495 e. The zero-order valence-electron chi connectivity index (χ0n) is 17.6. The number of benzene rings is 2. The molecule has 0 radical (unpaired) electrons. The summed E-state index contributed by atoms with van der Waals surface area (Å²) < 4.78 is 18.7. The third kappa shape index (κ3) is 3.30. The minimum absolute atomic E-state index is 0.260. The molecule has 0 amide bonds. The number of H-pyrrole nitrogens is 2. The monoisotopic (exact) mass is 435 g/mol. The second kappa shape index (κ2) is 7.56. The van der Waals surface area contributed by atoms with E-state index in [4.69, 9.17) is 4.74 Å². The highest BCUT2D eigenvalue weighted by Gasteiger charge is 2.15. The van der Waals surface area contributed by atoms with Crippen molar-refractivity contribution in [3.05, 3.63) is 85.1 Å². The van der Waals surface area contributed by atoms with E-state index in [0.29, 0.717) is 5.75 Å². The highest BCUT2D eigenvalue weighted by atomic mass is 19.1. The van der Waals surface area contributed by atoms with Gasteiger partial charge in [0.1, 0.15) is 22.9 Å². The molecule has 4 heterocycles. The van der Waals surface area contributed by atoms with Crippen LogP contribution in [0.25, 0.3) is 55.6 Å². The largest absolute Gasteiger partial charge is 0.495 e. The van der Waals surface area contributed by atoms with E-state index in [2.05, 4.69) is 31.2 Å². The van der Waals surface area contributed by atoms with Gasteiger partial charge in [-0.25, -0.2) is 9.37 Å². The highest BCUT2D eigenvalue weighted by molar-refractivity contribution is 6.00. The lowest BCUT2D eigenvalue weighted by molar-refractivity contribution is 0.413. The van der Waals surface area contributed by atoms with Crippen LogP contribution in [0.3, 0.4) is 0 Å². The van der Waals surface area contributed by atoms with Crippen molar-refractivity contribution in [1.82, 2.24) is 25.1 Å². The summed E-state index contributed by atoms with van der Waals surface area (Å²) in [5.74, 6) is 0.443. The van der Waals surface area contributed by atoms with Gasteiger partial charge in [0.25, 0.3) is 0 Å². The van der Waals surface area contributed by atoms with E-state index in [1.807, 2.05) is 36.5 Å². The Hall–Kier alpha value is -4.52. The standard InChI is InChI=1S/C26H18FN5O/c1-33-19-10-17(13-28-14-19)16-4-7-23-22(11-16)25(32-31-23)24-12-21-20(8-9-29-26(21)30-24)15-2-5-18(27)6-3-15/h2-14H,1H3,(H,29,30)(H,31,32). The molecule has 0 saturated carbocycles. The molecular weight excluding hydrogens is 417 g/mol. The molecule has 6 nitrogen and oxygen atoms in total. The number of hydrogen-bond donors (Lipinski definition) is 2. The highest BCUT2D eigenvalue weighted by Crippen LogP contribution is 2.34. The van der Waals surface area contributed by atoms with Gasteiger partial charge in [-0.05, 0) is 59.2 Å². The molecule has 0 aliphatic heterocycles. The molecule has 7 heteroatoms. The molecule has 0 unspecified atom stereocenters. The van der Waals surface area contributed by atoms with E-state index in [-0.39, 0.29) is 5.82 Å². The van der Waals surface area contributed by atoms with E-state index < -0.39 is 0 Å². The third-order valence-corrected chi connectivity index (χ3v) is 5.79. The Balaban J connectivity index is 1.48. The van der Waals surface area contributed by atoms with Crippen molar-refractivity contribution in [2.24, 2.45) is 0 Å². The molecule has 6 rings (SSSR count). The maximum atomic E-state index is 13.4. The number of nitrogens with zero attached hydrogens (tertiary/aromatic N) is 3. The van der Waals surface area contributed by atoms with E-state index >= 15 is 0 Å². The number of rotatable bonds is 4. The smallest absolute Gasteiger partial charge is 0.138 e. The van der Waals surface area contributed by atoms with Gasteiger partial charge in [-0.15, -0.1) is 0 Å². The van der Waals surface area contributed by atoms with E-state index in [1.54, 1.807) is 31.6 Å². The van der Waals surface area contributed by atoms with Crippen LogP contribution < -0.4 is 4.74 Å². The molecule has 2 N–H and O–H groups in total. The Morgan fingerprint density at radius 1 is 0.848 bits per heavy atom. The van der Waals surface area contributed by atoms with Crippen LogP contribution in [0.15, 0.2) is 79.3 Å². The average molecular weight is 435 g/mol. The summed E-state index contributed by atoms with van der Waals surface area (Å²) >= 11 is 0. The van der Waals surface area contributed by atoms with Crippen molar-refractivity contribution in [2.45, 2.75) is 0 Å². The van der Waals surface area contributed by atoms with Crippen molar-refractivity contribution in [3.8, 4) is 39.4 Å². The van der Waals surface area contributed by atoms with Crippen molar-refractivity contribution in [1.29, 1.82) is 0 Å². The number of pyridine rings is 2. The van der Waals surface area contributed by atoms with Gasteiger partial charge in [-0.3, -0.25) is 10.1 Å². The zero-order valence-corrected chi connectivity index (χ0v) is 17.6. The molecular formula is C26H18FN5O. The van der Waals surface area contributed by atoms with Crippen LogP contribution >= 0.6 is 0 Å². The number of fused-ring (bicyclic) bond motifs is 2. The van der Waals surface area contributed by atoms with E-state index in [1.165, 1.54) is 12.1 Å². The molecule has 33 heavy (non-hydrogen) atoms. The summed E-state index contributed by atoms with van der Waals surface area (Å²) in [5, 5.41) is 9.61. The van der Waals surface area contributed by atoms with Crippen molar-refractivity contribution >= 4 is 21.9 Å². The molecule has 0 spiro atoms. The molecule has 0 saturated heterocycles. The van der Waals surface area contributed by atoms with Gasteiger partial charge in [-0.1, -0.05) is 18.2 Å². The van der Waals surface area contributed by atoms with Gasteiger partial charge in [-0.2, -0.15) is 5.10 Å². The predicted octanol–water partition coefficient (Wildman–Crippen LogP) is 5.98. The van der Waals surface area contributed by atoms with Gasteiger partial charge in [0.2, 0.25) is 0 Å². The van der Waals surface area contributed by atoms with E-state index in [0.717, 1.165) is 55.6 Å². The summed E-state index contributed by atoms with van der Waals surface area (Å²) in [7, 11) is 1.63. The summed E-state index contributed by atoms with van der Waals surface area (Å²) in [6, 6.07) is 18.5. The van der Waals surface area contributed by atoms with E-state index in [9.17, 15) is 4.39 Å². The fourth-order valence-electron chi connectivity index (χ4n) is 4.12. The summed E-state index contributed by atoms with van der Waals surface area (Å²) in [6.07, 6.45) is 5.24. The number of aromatic amines is 2. The van der Waals surface area contributed by atoms with Crippen LogP contribution in [0.4, 0.5) is 4.39 Å². The van der Waals surface area contributed by atoms with Crippen molar-refractivity contribution < 1.29 is 9.13 Å². The van der Waals surface area contributed by atoms with Crippen LogP contribution in [-0.4, -0.2) is 32.3 Å². The third-order valence-electron chi connectivity index (χ3n) is 5.79. The first-order chi connectivity index (χ1) is 16.2. The van der Waals surface area contributed by atoms with Gasteiger partial charge in [0.15, 0.2) is 0 Å². The fraction of sp³-hybridized carbons (Fsp3) is 0.0385. The second-order valence-electron chi connectivity index (χ2n) is 7.76. The first-order valence-electron chi connectivity index (χ1n) is 10.4. The molecule has 0 fully saturated rings. The van der Waals surface area contributed by atoms with Crippen LogP contribution in [-0.2, 0) is 0 Å². The van der Waals surface area contributed by atoms with Crippen molar-refractivity contribution in [3.63, 3.8) is 0 Å². The quantitative estimate of drug-likeness (QED) is 0.357. The number of nitrogens with one attached hydrogen (secondary N) is 2. The topological polar surface area (TPSA) is 79.5 Å². The van der Waals surface area contributed by atoms with Gasteiger partial charge < -0.3 is 9.72 Å². The van der Waals surface area contributed by atoms with Crippen LogP contribution in [0.1, 0.15) is 0 Å². The molecule has 160 valence electrons. The Kier molecular flexibility index (Phi) is 4.40. The normalized spacial score (nSPS) is 11.3. The zero-order chi connectivity index (χ0) is 22.4. The Morgan fingerprint density at radius 3 is 2.55 bits per heavy atom. The average Bonchev–Trinajstić information content (AvgIpc) is 3.48. The van der Waals surface area contributed by atoms with Gasteiger partial charge in [0, 0.05) is 28.7 Å². The fourth-order valence-corrected chi connectivity index (χ4v) is 4.12. The second-order valence-corrected chi connectivity index (χ2v) is 7.76. The Morgan fingerprint density at radius 2 is 1.70 bits per heavy atom. The van der Waals surface area contributed by atoms with Gasteiger partial charge >= 0.3 is 0 Å². The summed E-state index contributed by atoms with van der Waals surface area (Å²) in [6.45, 7) is 0. The number of halogens is 1. The van der Waals surface area contributed by atoms with Crippen LogP contribution in [0, 0.1) is 5.82 Å². The molecule has 0 bridgehead atoms. The minimum atomic E-state index is -0.260. The lowest BCUT2D eigenvalue weighted by Crippen LogP contribution is -1.86. The Bertz CT molecular complexity index is 1620.